The molecule has 0 N–H and O–H groups in total. The number of halogens is 1. The van der Waals surface area contributed by atoms with Crippen LogP contribution in [-0.2, 0) is 28.6 Å². The maximum absolute atomic E-state index is 11.9. The van der Waals surface area contributed by atoms with Crippen molar-refractivity contribution in [2.75, 3.05) is 12.9 Å². The molecule has 0 aromatic heterocycles. The Labute approximate surface area is 210 Å². The van der Waals surface area contributed by atoms with Gasteiger partial charge in [0.15, 0.2) is 0 Å². The highest BCUT2D eigenvalue weighted by Gasteiger charge is 2.39. The minimum absolute atomic E-state index is 0.0596. The number of ether oxygens (including phenoxy) is 2. The summed E-state index contributed by atoms with van der Waals surface area (Å²) in [7, 11) is -3.51. The van der Waals surface area contributed by atoms with Crippen LogP contribution < -0.4 is 0 Å². The molecule has 190 valence electrons. The average molecular weight is 589 g/mol. The van der Waals surface area contributed by atoms with Crippen molar-refractivity contribution in [2.45, 2.75) is 109 Å². The van der Waals surface area contributed by atoms with E-state index in [1.54, 1.807) is 0 Å². The molecule has 0 amide bonds. The largest absolute Gasteiger partial charge is 0.465 e. The molecule has 1 rings (SSSR count). The number of carbonyl (C=O) groups excluding carboxylic acids is 1. The molecule has 6 unspecified atom stereocenters. The second kappa shape index (κ2) is 12.2. The van der Waals surface area contributed by atoms with Crippen molar-refractivity contribution in [1.82, 2.24) is 0 Å². The highest BCUT2D eigenvalue weighted by molar-refractivity contribution is 14.1. The van der Waals surface area contributed by atoms with E-state index in [1.165, 1.54) is 0 Å². The zero-order valence-corrected chi connectivity index (χ0v) is 24.4. The van der Waals surface area contributed by atoms with Crippen molar-refractivity contribution < 1.29 is 26.9 Å². The van der Waals surface area contributed by atoms with Gasteiger partial charge in [-0.3, -0.25) is 8.98 Å². The van der Waals surface area contributed by atoms with E-state index < -0.39 is 15.5 Å². The van der Waals surface area contributed by atoms with Crippen LogP contribution in [0.2, 0.25) is 0 Å². The number of carbonyl (C=O) groups is 1. The lowest BCUT2D eigenvalue weighted by Crippen LogP contribution is -2.29. The van der Waals surface area contributed by atoms with Gasteiger partial charge < -0.3 is 9.47 Å². The first-order chi connectivity index (χ1) is 14.4. The van der Waals surface area contributed by atoms with Crippen molar-refractivity contribution in [3.8, 4) is 0 Å². The number of esters is 1. The molecule has 0 bridgehead atoms. The number of rotatable bonds is 12. The molecule has 0 aliphatic carbocycles. The fourth-order valence-electron chi connectivity index (χ4n) is 3.95. The third-order valence-corrected chi connectivity index (χ3v) is 8.39. The Balaban J connectivity index is 2.60. The van der Waals surface area contributed by atoms with E-state index in [-0.39, 0.29) is 27.7 Å². The van der Waals surface area contributed by atoms with Gasteiger partial charge in [-0.15, -0.1) is 0 Å². The first-order valence-corrected chi connectivity index (χ1v) is 14.7. The molecule has 1 saturated heterocycles. The van der Waals surface area contributed by atoms with Crippen molar-refractivity contribution in [1.29, 1.82) is 0 Å². The van der Waals surface area contributed by atoms with Gasteiger partial charge in [0, 0.05) is 3.42 Å². The summed E-state index contributed by atoms with van der Waals surface area (Å²) in [6.07, 6.45) is 4.75. The first kappa shape index (κ1) is 30.1. The smallest absolute Gasteiger partial charge is 0.311 e. The summed E-state index contributed by atoms with van der Waals surface area (Å²) in [5.74, 6) is 0.929. The van der Waals surface area contributed by atoms with Gasteiger partial charge in [0.25, 0.3) is 10.1 Å². The Morgan fingerprint density at radius 3 is 2.06 bits per heavy atom. The number of hydrogen-bond acceptors (Lipinski definition) is 6. The fourth-order valence-corrected chi connectivity index (χ4v) is 4.88. The van der Waals surface area contributed by atoms with Crippen LogP contribution >= 0.6 is 22.6 Å². The molecule has 1 heterocycles. The van der Waals surface area contributed by atoms with Crippen molar-refractivity contribution >= 4 is 38.7 Å². The predicted octanol–water partition coefficient (Wildman–Crippen LogP) is 5.76. The topological polar surface area (TPSA) is 78.9 Å². The summed E-state index contributed by atoms with van der Waals surface area (Å²) < 4.78 is 40.9. The average Bonchev–Trinajstić information content (AvgIpc) is 2.88. The van der Waals surface area contributed by atoms with Gasteiger partial charge in [-0.2, -0.15) is 8.42 Å². The van der Waals surface area contributed by atoms with Crippen LogP contribution in [0.3, 0.4) is 0 Å². The SMILES string of the molecule is CC1C(CCCOC(=O)C(C)(C)C)OC(CCC(CC(C)C(C)(C)I)OS(C)(=O)=O)C1C. The van der Waals surface area contributed by atoms with Crippen LogP contribution in [0.25, 0.3) is 0 Å². The molecule has 6 atom stereocenters. The summed E-state index contributed by atoms with van der Waals surface area (Å²) in [6.45, 7) is 16.8. The Kier molecular flexibility index (Phi) is 11.4. The van der Waals surface area contributed by atoms with Gasteiger partial charge in [0.1, 0.15) is 0 Å². The van der Waals surface area contributed by atoms with Crippen molar-refractivity contribution in [3.05, 3.63) is 0 Å². The molecule has 6 nitrogen and oxygen atoms in total. The van der Waals surface area contributed by atoms with E-state index in [0.29, 0.717) is 37.2 Å². The number of hydrogen-bond donors (Lipinski definition) is 0. The summed E-state index contributed by atoms with van der Waals surface area (Å²) in [6, 6.07) is 0. The van der Waals surface area contributed by atoms with E-state index >= 15 is 0 Å². The van der Waals surface area contributed by atoms with Gasteiger partial charge in [-0.25, -0.2) is 0 Å². The summed E-state index contributed by atoms with van der Waals surface area (Å²) >= 11 is 2.41. The molecule has 0 aromatic rings. The molecule has 0 radical (unpaired) electrons. The molecular weight excluding hydrogens is 543 g/mol. The third kappa shape index (κ3) is 10.6. The molecule has 0 spiro atoms. The van der Waals surface area contributed by atoms with E-state index in [9.17, 15) is 13.2 Å². The van der Waals surface area contributed by atoms with Crippen LogP contribution in [0.15, 0.2) is 0 Å². The van der Waals surface area contributed by atoms with Gasteiger partial charge in [0.05, 0.1) is 36.6 Å². The summed E-state index contributed by atoms with van der Waals surface area (Å²) in [5, 5.41) is 0. The highest BCUT2D eigenvalue weighted by Crippen LogP contribution is 2.38. The molecule has 0 saturated carbocycles. The molecule has 1 aliphatic rings. The molecule has 8 heteroatoms. The third-order valence-electron chi connectivity index (χ3n) is 6.70. The normalized spacial score (nSPS) is 26.7. The zero-order valence-electron chi connectivity index (χ0n) is 21.4. The first-order valence-electron chi connectivity index (χ1n) is 11.8. The highest BCUT2D eigenvalue weighted by atomic mass is 127. The monoisotopic (exact) mass is 588 g/mol. The second-order valence-electron chi connectivity index (χ2n) is 11.2. The standard InChI is InChI=1S/C24H45IO6S/c1-16(24(7,8)25)15-19(31-32(9,27)28)12-13-21-18(3)17(2)20(30-21)11-10-14-29-22(26)23(4,5)6/h16-21H,10-15H2,1-9H3. The molecule has 0 aromatic carbocycles. The van der Waals surface area contributed by atoms with E-state index in [0.717, 1.165) is 25.5 Å². The maximum atomic E-state index is 11.9. The lowest BCUT2D eigenvalue weighted by molar-refractivity contribution is -0.153. The maximum Gasteiger partial charge on any atom is 0.311 e. The zero-order chi connectivity index (χ0) is 24.9. The van der Waals surface area contributed by atoms with Gasteiger partial charge in [-0.05, 0) is 70.6 Å². The fraction of sp³-hybridized carbons (Fsp3) is 0.958. The van der Waals surface area contributed by atoms with Crippen LogP contribution in [0.4, 0.5) is 0 Å². The predicted molar refractivity (Wildman–Crippen MR) is 137 cm³/mol. The van der Waals surface area contributed by atoms with Crippen LogP contribution in [0, 0.1) is 23.2 Å². The van der Waals surface area contributed by atoms with Crippen LogP contribution in [0.1, 0.15) is 87.5 Å². The second-order valence-corrected chi connectivity index (χ2v) is 15.5. The Morgan fingerprint density at radius 1 is 1.06 bits per heavy atom. The molecule has 1 fully saturated rings. The van der Waals surface area contributed by atoms with Crippen molar-refractivity contribution in [2.24, 2.45) is 23.2 Å². The van der Waals surface area contributed by atoms with E-state index in [1.807, 2.05) is 20.8 Å². The Hall–Kier alpha value is 0.0700. The lowest BCUT2D eigenvalue weighted by Gasteiger charge is -2.29. The lowest BCUT2D eigenvalue weighted by atomic mass is 9.86. The quantitative estimate of drug-likeness (QED) is 0.0949. The molecule has 32 heavy (non-hydrogen) atoms. The number of alkyl halides is 1. The van der Waals surface area contributed by atoms with E-state index in [2.05, 4.69) is 57.2 Å². The van der Waals surface area contributed by atoms with Gasteiger partial charge in [-0.1, -0.05) is 57.2 Å². The van der Waals surface area contributed by atoms with Gasteiger partial charge in [0.2, 0.25) is 0 Å². The van der Waals surface area contributed by atoms with Crippen LogP contribution in [0.5, 0.6) is 0 Å². The summed E-state index contributed by atoms with van der Waals surface area (Å²) in [4.78, 5) is 11.9. The van der Waals surface area contributed by atoms with Gasteiger partial charge >= 0.3 is 5.97 Å². The minimum Gasteiger partial charge on any atom is -0.465 e. The van der Waals surface area contributed by atoms with E-state index in [4.69, 9.17) is 13.7 Å². The van der Waals surface area contributed by atoms with Crippen molar-refractivity contribution in [3.63, 3.8) is 0 Å². The minimum atomic E-state index is -3.51. The molecule has 1 aliphatic heterocycles. The van der Waals surface area contributed by atoms with Crippen LogP contribution in [-0.4, -0.2) is 49.0 Å². The molecular formula is C24H45IO6S. The summed E-state index contributed by atoms with van der Waals surface area (Å²) in [5.41, 5.74) is -0.481. The Bertz CT molecular complexity index is 694. The Morgan fingerprint density at radius 2 is 1.59 bits per heavy atom.